The molecule has 1 aliphatic rings. The molecule has 6 heteroatoms. The first-order chi connectivity index (χ1) is 13.0. The van der Waals surface area contributed by atoms with E-state index in [2.05, 4.69) is 6.07 Å². The maximum absolute atomic E-state index is 12.6. The molecule has 1 saturated heterocycles. The minimum atomic E-state index is -0.128. The molecule has 0 bridgehead atoms. The molecular formula is C21H26N2O4. The van der Waals surface area contributed by atoms with Gasteiger partial charge in [0.2, 0.25) is 0 Å². The number of rotatable bonds is 4. The summed E-state index contributed by atoms with van der Waals surface area (Å²) in [5.41, 5.74) is 3.23. The quantitative estimate of drug-likeness (QED) is 0.830. The van der Waals surface area contributed by atoms with Gasteiger partial charge in [-0.15, -0.1) is 0 Å². The van der Waals surface area contributed by atoms with E-state index in [1.165, 1.54) is 6.26 Å². The lowest BCUT2D eigenvalue weighted by atomic mass is 10.1. The molecule has 1 fully saturated rings. The lowest BCUT2D eigenvalue weighted by Crippen LogP contribution is -2.39. The molecular weight excluding hydrogens is 344 g/mol. The Morgan fingerprint density at radius 2 is 1.70 bits per heavy atom. The van der Waals surface area contributed by atoms with E-state index in [0.29, 0.717) is 31.9 Å². The predicted molar refractivity (Wildman–Crippen MR) is 102 cm³/mol. The van der Waals surface area contributed by atoms with Crippen molar-refractivity contribution < 1.29 is 18.7 Å². The number of nitrogens with zero attached hydrogens (tertiary/aromatic N) is 2. The van der Waals surface area contributed by atoms with Crippen molar-refractivity contribution in [2.45, 2.75) is 27.2 Å². The van der Waals surface area contributed by atoms with Gasteiger partial charge in [-0.1, -0.05) is 12.1 Å². The van der Waals surface area contributed by atoms with E-state index in [4.69, 9.17) is 9.15 Å². The maximum Gasteiger partial charge on any atom is 0.289 e. The number of aryl methyl sites for hydroxylation is 2. The summed E-state index contributed by atoms with van der Waals surface area (Å²) in [6.45, 7) is 8.26. The second-order valence-corrected chi connectivity index (χ2v) is 6.95. The number of ether oxygens (including phenoxy) is 1. The summed E-state index contributed by atoms with van der Waals surface area (Å²) in [5, 5.41) is 0. The molecule has 2 amide bonds. The molecule has 0 unspecified atom stereocenters. The van der Waals surface area contributed by atoms with E-state index in [1.807, 2.05) is 26.8 Å². The van der Waals surface area contributed by atoms with Crippen LogP contribution < -0.4 is 4.74 Å². The molecule has 27 heavy (non-hydrogen) atoms. The molecule has 144 valence electrons. The monoisotopic (exact) mass is 370 g/mol. The van der Waals surface area contributed by atoms with Gasteiger partial charge in [-0.25, -0.2) is 0 Å². The molecule has 0 saturated carbocycles. The summed E-state index contributed by atoms with van der Waals surface area (Å²) in [4.78, 5) is 28.5. The van der Waals surface area contributed by atoms with Crippen LogP contribution in [0.4, 0.5) is 0 Å². The summed E-state index contributed by atoms with van der Waals surface area (Å²) >= 11 is 0. The Hall–Kier alpha value is -2.76. The minimum absolute atomic E-state index is 0.0112. The lowest BCUT2D eigenvalue weighted by Gasteiger charge is -2.22. The van der Waals surface area contributed by atoms with Crippen molar-refractivity contribution in [2.75, 3.05) is 32.8 Å². The fourth-order valence-electron chi connectivity index (χ4n) is 3.30. The first-order valence-electron chi connectivity index (χ1n) is 9.27. The fourth-order valence-corrected chi connectivity index (χ4v) is 3.30. The lowest BCUT2D eigenvalue weighted by molar-refractivity contribution is -0.133. The summed E-state index contributed by atoms with van der Waals surface area (Å²) in [5.74, 6) is 0.940. The van der Waals surface area contributed by atoms with Crippen molar-refractivity contribution in [3.8, 4) is 5.75 Å². The van der Waals surface area contributed by atoms with Gasteiger partial charge in [0.25, 0.3) is 11.8 Å². The van der Waals surface area contributed by atoms with Crippen molar-refractivity contribution >= 4 is 11.8 Å². The Balaban J connectivity index is 1.57. The molecule has 2 heterocycles. The van der Waals surface area contributed by atoms with Crippen molar-refractivity contribution in [1.29, 1.82) is 0 Å². The van der Waals surface area contributed by atoms with Gasteiger partial charge in [0.1, 0.15) is 5.75 Å². The van der Waals surface area contributed by atoms with E-state index in [1.54, 1.807) is 21.9 Å². The molecule has 6 nitrogen and oxygen atoms in total. The van der Waals surface area contributed by atoms with Gasteiger partial charge >= 0.3 is 0 Å². The van der Waals surface area contributed by atoms with Crippen LogP contribution in [0.3, 0.4) is 0 Å². The number of hydrogen-bond acceptors (Lipinski definition) is 4. The third-order valence-corrected chi connectivity index (χ3v) is 5.08. The standard InChI is InChI=1S/C21H26N2O4/c1-15-7-8-16(2)20(17(15)3)27-14-19(24)22-9-5-10-23(12-11-22)21(25)18-6-4-13-26-18/h4,6-8,13H,5,9-12,14H2,1-3H3. The highest BCUT2D eigenvalue weighted by Gasteiger charge is 2.24. The molecule has 0 spiro atoms. The van der Waals surface area contributed by atoms with Gasteiger partial charge in [-0.3, -0.25) is 9.59 Å². The Morgan fingerprint density at radius 3 is 2.44 bits per heavy atom. The largest absolute Gasteiger partial charge is 0.483 e. The van der Waals surface area contributed by atoms with E-state index < -0.39 is 0 Å². The topological polar surface area (TPSA) is 63.0 Å². The third kappa shape index (κ3) is 4.32. The Labute approximate surface area is 159 Å². The van der Waals surface area contributed by atoms with Crippen molar-refractivity contribution in [1.82, 2.24) is 9.80 Å². The summed E-state index contributed by atoms with van der Waals surface area (Å²) in [7, 11) is 0. The number of hydrogen-bond donors (Lipinski definition) is 0. The highest BCUT2D eigenvalue weighted by Crippen LogP contribution is 2.25. The van der Waals surface area contributed by atoms with Crippen LogP contribution in [0.15, 0.2) is 34.9 Å². The molecule has 0 N–H and O–H groups in total. The van der Waals surface area contributed by atoms with Crippen LogP contribution in [0.25, 0.3) is 0 Å². The minimum Gasteiger partial charge on any atom is -0.483 e. The van der Waals surface area contributed by atoms with Gasteiger partial charge in [0.15, 0.2) is 12.4 Å². The van der Waals surface area contributed by atoms with E-state index in [9.17, 15) is 9.59 Å². The van der Waals surface area contributed by atoms with E-state index in [0.717, 1.165) is 28.9 Å². The third-order valence-electron chi connectivity index (χ3n) is 5.08. The number of amides is 2. The van der Waals surface area contributed by atoms with Crippen molar-refractivity contribution in [2.24, 2.45) is 0 Å². The first-order valence-corrected chi connectivity index (χ1v) is 9.27. The number of carbonyl (C=O) groups is 2. The average molecular weight is 370 g/mol. The molecule has 3 rings (SSSR count). The van der Waals surface area contributed by atoms with Crippen LogP contribution in [-0.2, 0) is 4.79 Å². The summed E-state index contributed by atoms with van der Waals surface area (Å²) in [6, 6.07) is 7.43. The van der Waals surface area contributed by atoms with Crippen LogP contribution >= 0.6 is 0 Å². The van der Waals surface area contributed by atoms with Gasteiger partial charge in [0, 0.05) is 26.2 Å². The fraction of sp³-hybridized carbons (Fsp3) is 0.429. The van der Waals surface area contributed by atoms with Crippen LogP contribution in [0.5, 0.6) is 5.75 Å². The van der Waals surface area contributed by atoms with Gasteiger partial charge in [-0.05, 0) is 56.0 Å². The Kier molecular flexibility index (Phi) is 5.84. The van der Waals surface area contributed by atoms with Crippen molar-refractivity contribution in [3.05, 3.63) is 53.0 Å². The van der Waals surface area contributed by atoms with Gasteiger partial charge in [-0.2, -0.15) is 0 Å². The molecule has 1 aliphatic heterocycles. The molecule has 0 aliphatic carbocycles. The normalized spacial score (nSPS) is 14.8. The molecule has 0 radical (unpaired) electrons. The number of benzene rings is 1. The number of furan rings is 1. The zero-order valence-corrected chi connectivity index (χ0v) is 16.2. The predicted octanol–water partition coefficient (Wildman–Crippen LogP) is 2.96. The molecule has 0 atom stereocenters. The molecule has 1 aromatic carbocycles. The first kappa shape index (κ1) is 19.0. The Bertz CT molecular complexity index is 814. The second kappa shape index (κ2) is 8.29. The summed E-state index contributed by atoms with van der Waals surface area (Å²) < 4.78 is 11.0. The zero-order valence-electron chi connectivity index (χ0n) is 16.2. The smallest absolute Gasteiger partial charge is 0.289 e. The van der Waals surface area contributed by atoms with Gasteiger partial charge < -0.3 is 19.0 Å². The second-order valence-electron chi connectivity index (χ2n) is 6.95. The molecule has 2 aromatic rings. The highest BCUT2D eigenvalue weighted by atomic mass is 16.5. The molecule has 1 aromatic heterocycles. The SMILES string of the molecule is Cc1ccc(C)c(OCC(=O)N2CCCN(C(=O)c3ccco3)CC2)c1C. The average Bonchev–Trinajstić information content (AvgIpc) is 3.08. The van der Waals surface area contributed by atoms with Crippen LogP contribution in [0, 0.1) is 20.8 Å². The van der Waals surface area contributed by atoms with Crippen LogP contribution in [0.1, 0.15) is 33.7 Å². The highest BCUT2D eigenvalue weighted by molar-refractivity contribution is 5.91. The van der Waals surface area contributed by atoms with E-state index in [-0.39, 0.29) is 18.4 Å². The summed E-state index contributed by atoms with van der Waals surface area (Å²) in [6.07, 6.45) is 2.23. The van der Waals surface area contributed by atoms with Gasteiger partial charge in [0.05, 0.1) is 6.26 Å². The van der Waals surface area contributed by atoms with Crippen LogP contribution in [-0.4, -0.2) is 54.4 Å². The maximum atomic E-state index is 12.6. The zero-order chi connectivity index (χ0) is 19.4. The van der Waals surface area contributed by atoms with Crippen molar-refractivity contribution in [3.63, 3.8) is 0 Å². The number of carbonyl (C=O) groups excluding carboxylic acids is 2. The van der Waals surface area contributed by atoms with E-state index >= 15 is 0 Å². The Morgan fingerprint density at radius 1 is 1.00 bits per heavy atom. The van der Waals surface area contributed by atoms with Crippen LogP contribution in [0.2, 0.25) is 0 Å².